The molecule has 0 radical (unpaired) electrons. The highest BCUT2D eigenvalue weighted by Crippen LogP contribution is 2.19. The molecule has 0 aliphatic carbocycles. The zero-order chi connectivity index (χ0) is 14.9. The largest absolute Gasteiger partial charge is 0.489 e. The molecule has 2 aromatic carbocycles. The van der Waals surface area contributed by atoms with Gasteiger partial charge in [0.2, 0.25) is 0 Å². The van der Waals surface area contributed by atoms with Crippen molar-refractivity contribution < 1.29 is 13.9 Å². The average molecular weight is 289 g/mol. The average Bonchev–Trinajstić information content (AvgIpc) is 2.52. The summed E-state index contributed by atoms with van der Waals surface area (Å²) in [5.74, 6) is 0.605. The van der Waals surface area contributed by atoms with Crippen LogP contribution in [-0.4, -0.2) is 20.3 Å². The minimum atomic E-state index is -0.235. The maximum absolute atomic E-state index is 12.9. The van der Waals surface area contributed by atoms with Gasteiger partial charge < -0.3 is 14.8 Å². The second-order valence-electron chi connectivity index (χ2n) is 4.69. The number of nitrogens with one attached hydrogen (secondary N) is 1. The van der Waals surface area contributed by atoms with Gasteiger partial charge in [-0.15, -0.1) is 0 Å². The molecule has 0 heterocycles. The summed E-state index contributed by atoms with van der Waals surface area (Å²) < 4.78 is 23.7. The van der Waals surface area contributed by atoms with Gasteiger partial charge in [0.25, 0.3) is 0 Å². The highest BCUT2D eigenvalue weighted by Gasteiger charge is 2.03. The van der Waals surface area contributed by atoms with Crippen molar-refractivity contribution in [3.8, 4) is 5.75 Å². The Kier molecular flexibility index (Phi) is 6.19. The Hall–Kier alpha value is -1.91. The van der Waals surface area contributed by atoms with Crippen LogP contribution in [0.4, 0.5) is 4.39 Å². The highest BCUT2D eigenvalue weighted by molar-refractivity contribution is 5.33. The molecule has 0 spiro atoms. The van der Waals surface area contributed by atoms with Crippen LogP contribution in [0.1, 0.15) is 11.1 Å². The van der Waals surface area contributed by atoms with E-state index in [-0.39, 0.29) is 5.82 Å². The quantitative estimate of drug-likeness (QED) is 0.757. The number of hydrogen-bond donors (Lipinski definition) is 1. The second-order valence-corrected chi connectivity index (χ2v) is 4.69. The minimum Gasteiger partial charge on any atom is -0.489 e. The van der Waals surface area contributed by atoms with E-state index in [4.69, 9.17) is 9.47 Å². The molecule has 0 saturated carbocycles. The van der Waals surface area contributed by atoms with Crippen LogP contribution in [-0.2, 0) is 17.9 Å². The van der Waals surface area contributed by atoms with Gasteiger partial charge in [-0.2, -0.15) is 0 Å². The van der Waals surface area contributed by atoms with E-state index in [0.29, 0.717) is 13.2 Å². The van der Waals surface area contributed by atoms with Gasteiger partial charge in [0.1, 0.15) is 18.2 Å². The van der Waals surface area contributed by atoms with Crippen molar-refractivity contribution in [2.75, 3.05) is 20.3 Å². The summed E-state index contributed by atoms with van der Waals surface area (Å²) in [5.41, 5.74) is 2.04. The third-order valence-corrected chi connectivity index (χ3v) is 3.08. The van der Waals surface area contributed by atoms with E-state index in [9.17, 15) is 4.39 Å². The van der Waals surface area contributed by atoms with E-state index in [2.05, 4.69) is 5.32 Å². The topological polar surface area (TPSA) is 30.5 Å². The predicted octanol–water partition coefficient (Wildman–Crippen LogP) is 3.14. The molecule has 0 unspecified atom stereocenters. The Labute approximate surface area is 124 Å². The molecule has 2 aromatic rings. The molecule has 0 amide bonds. The minimum absolute atomic E-state index is 0.235. The first-order chi connectivity index (χ1) is 10.3. The molecule has 0 bridgehead atoms. The maximum atomic E-state index is 12.9. The summed E-state index contributed by atoms with van der Waals surface area (Å²) in [6.07, 6.45) is 0. The summed E-state index contributed by atoms with van der Waals surface area (Å²) in [4.78, 5) is 0. The van der Waals surface area contributed by atoms with Crippen LogP contribution >= 0.6 is 0 Å². The third kappa shape index (κ3) is 5.17. The summed E-state index contributed by atoms with van der Waals surface area (Å²) in [7, 11) is 1.68. The lowest BCUT2D eigenvalue weighted by molar-refractivity contribution is 0.199. The van der Waals surface area contributed by atoms with E-state index in [0.717, 1.165) is 30.0 Å². The standard InChI is InChI=1S/C17H20FNO2/c1-20-11-10-19-12-15-4-2-3-5-17(15)21-13-14-6-8-16(18)9-7-14/h2-9,19H,10-13H2,1H3. The van der Waals surface area contributed by atoms with Gasteiger partial charge in [-0.05, 0) is 23.8 Å². The van der Waals surface area contributed by atoms with Gasteiger partial charge in [-0.1, -0.05) is 30.3 Å². The number of ether oxygens (including phenoxy) is 2. The van der Waals surface area contributed by atoms with Gasteiger partial charge in [-0.3, -0.25) is 0 Å². The fourth-order valence-corrected chi connectivity index (χ4v) is 1.93. The number of methoxy groups -OCH3 is 1. The fraction of sp³-hybridized carbons (Fsp3) is 0.294. The normalized spacial score (nSPS) is 10.6. The van der Waals surface area contributed by atoms with Crippen LogP contribution in [0.15, 0.2) is 48.5 Å². The lowest BCUT2D eigenvalue weighted by Gasteiger charge is -2.12. The number of hydrogen-bond acceptors (Lipinski definition) is 3. The summed E-state index contributed by atoms with van der Waals surface area (Å²) >= 11 is 0. The molecule has 1 N–H and O–H groups in total. The van der Waals surface area contributed by atoms with E-state index in [1.807, 2.05) is 24.3 Å². The molecule has 3 nitrogen and oxygen atoms in total. The maximum Gasteiger partial charge on any atom is 0.124 e. The zero-order valence-corrected chi connectivity index (χ0v) is 12.1. The Morgan fingerprint density at radius 3 is 2.57 bits per heavy atom. The van der Waals surface area contributed by atoms with Gasteiger partial charge in [-0.25, -0.2) is 4.39 Å². The smallest absolute Gasteiger partial charge is 0.124 e. The van der Waals surface area contributed by atoms with E-state index in [1.165, 1.54) is 12.1 Å². The van der Waals surface area contributed by atoms with E-state index < -0.39 is 0 Å². The number of benzene rings is 2. The SMILES string of the molecule is COCCNCc1ccccc1OCc1ccc(F)cc1. The van der Waals surface area contributed by atoms with Crippen molar-refractivity contribution in [2.24, 2.45) is 0 Å². The number of halogens is 1. The monoisotopic (exact) mass is 289 g/mol. The van der Waals surface area contributed by atoms with Gasteiger partial charge in [0, 0.05) is 25.8 Å². The molecule has 0 fully saturated rings. The third-order valence-electron chi connectivity index (χ3n) is 3.08. The van der Waals surface area contributed by atoms with Crippen molar-refractivity contribution >= 4 is 0 Å². The van der Waals surface area contributed by atoms with E-state index in [1.54, 1.807) is 19.2 Å². The highest BCUT2D eigenvalue weighted by atomic mass is 19.1. The first-order valence-electron chi connectivity index (χ1n) is 6.94. The van der Waals surface area contributed by atoms with E-state index >= 15 is 0 Å². The molecule has 0 aliphatic heterocycles. The van der Waals surface area contributed by atoms with Crippen LogP contribution < -0.4 is 10.1 Å². The summed E-state index contributed by atoms with van der Waals surface area (Å²) in [5, 5.41) is 3.29. The van der Waals surface area contributed by atoms with Gasteiger partial charge >= 0.3 is 0 Å². The summed E-state index contributed by atoms with van der Waals surface area (Å²) in [6.45, 7) is 2.62. The molecule has 0 saturated heterocycles. The van der Waals surface area contributed by atoms with Gasteiger partial charge in [0.15, 0.2) is 0 Å². The van der Waals surface area contributed by atoms with Crippen LogP contribution in [0, 0.1) is 5.82 Å². The molecule has 4 heteroatoms. The molecule has 112 valence electrons. The van der Waals surface area contributed by atoms with Crippen molar-refractivity contribution in [3.63, 3.8) is 0 Å². The Balaban J connectivity index is 1.91. The number of para-hydroxylation sites is 1. The second kappa shape index (κ2) is 8.39. The summed E-state index contributed by atoms with van der Waals surface area (Å²) in [6, 6.07) is 14.2. The molecule has 21 heavy (non-hydrogen) atoms. The van der Waals surface area contributed by atoms with Crippen molar-refractivity contribution in [1.82, 2.24) is 5.32 Å². The molecule has 0 aliphatic rings. The molecular formula is C17H20FNO2. The Morgan fingerprint density at radius 1 is 1.05 bits per heavy atom. The molecule has 0 aromatic heterocycles. The number of rotatable bonds is 8. The van der Waals surface area contributed by atoms with Gasteiger partial charge in [0.05, 0.1) is 6.61 Å². The molecule has 0 atom stereocenters. The van der Waals surface area contributed by atoms with Crippen molar-refractivity contribution in [2.45, 2.75) is 13.2 Å². The van der Waals surface area contributed by atoms with Crippen LogP contribution in [0.2, 0.25) is 0 Å². The van der Waals surface area contributed by atoms with Crippen LogP contribution in [0.25, 0.3) is 0 Å². The zero-order valence-electron chi connectivity index (χ0n) is 12.1. The lowest BCUT2D eigenvalue weighted by Crippen LogP contribution is -2.19. The molecule has 2 rings (SSSR count). The fourth-order valence-electron chi connectivity index (χ4n) is 1.93. The predicted molar refractivity (Wildman–Crippen MR) is 80.8 cm³/mol. The Morgan fingerprint density at radius 2 is 1.81 bits per heavy atom. The van der Waals surface area contributed by atoms with Crippen molar-refractivity contribution in [3.05, 3.63) is 65.5 Å². The first-order valence-corrected chi connectivity index (χ1v) is 6.94. The van der Waals surface area contributed by atoms with Crippen molar-refractivity contribution in [1.29, 1.82) is 0 Å². The van der Waals surface area contributed by atoms with Crippen LogP contribution in [0.3, 0.4) is 0 Å². The Bertz CT molecular complexity index is 543. The molecular weight excluding hydrogens is 269 g/mol. The lowest BCUT2D eigenvalue weighted by atomic mass is 10.2. The van der Waals surface area contributed by atoms with Crippen LogP contribution in [0.5, 0.6) is 5.75 Å². The first kappa shape index (κ1) is 15.5.